The van der Waals surface area contributed by atoms with Crippen LogP contribution < -0.4 is 0 Å². The molecule has 1 aromatic heterocycles. The molecule has 33 heavy (non-hydrogen) atoms. The van der Waals surface area contributed by atoms with E-state index in [1.54, 1.807) is 6.20 Å². The zero-order valence-corrected chi connectivity index (χ0v) is 22.5. The van der Waals surface area contributed by atoms with Crippen LogP contribution in [0.25, 0.3) is 0 Å². The van der Waals surface area contributed by atoms with Gasteiger partial charge in [-0.25, -0.2) is 0 Å². The molecule has 0 amide bonds. The predicted octanol–water partition coefficient (Wildman–Crippen LogP) is 7.83. The van der Waals surface area contributed by atoms with Gasteiger partial charge < -0.3 is 9.47 Å². The van der Waals surface area contributed by atoms with Crippen molar-refractivity contribution in [3.05, 3.63) is 35.6 Å². The van der Waals surface area contributed by atoms with E-state index in [1.807, 2.05) is 6.92 Å². The Balaban J connectivity index is 1.77. The molecule has 0 saturated carbocycles. The molecule has 5 atom stereocenters. The molecular weight excluding hydrogens is 410 g/mol. The first-order valence-corrected chi connectivity index (χ1v) is 13.2. The number of rotatable bonds is 15. The summed E-state index contributed by atoms with van der Waals surface area (Å²) >= 11 is 0. The van der Waals surface area contributed by atoms with E-state index in [0.717, 1.165) is 29.0 Å². The number of hydrogen-bond acceptors (Lipinski definition) is 4. The fourth-order valence-electron chi connectivity index (χ4n) is 4.85. The number of hydrogen-bond donors (Lipinski definition) is 1. The summed E-state index contributed by atoms with van der Waals surface area (Å²) in [5.74, 6) is 3.97. The lowest BCUT2D eigenvalue weighted by Crippen LogP contribution is -2.39. The highest BCUT2D eigenvalue weighted by Crippen LogP contribution is 2.38. The van der Waals surface area contributed by atoms with Crippen LogP contribution in [0, 0.1) is 29.6 Å². The van der Waals surface area contributed by atoms with Crippen LogP contribution in [0.1, 0.15) is 106 Å². The van der Waals surface area contributed by atoms with Crippen molar-refractivity contribution in [3.8, 4) is 0 Å². The summed E-state index contributed by atoms with van der Waals surface area (Å²) < 4.78 is 12.4. The molecule has 2 rings (SSSR count). The van der Waals surface area contributed by atoms with Gasteiger partial charge in [-0.3, -0.25) is 0 Å². The van der Waals surface area contributed by atoms with Crippen molar-refractivity contribution in [2.75, 3.05) is 0 Å². The van der Waals surface area contributed by atoms with Crippen LogP contribution in [0.5, 0.6) is 0 Å². The Hall–Kier alpha value is -1.78. The van der Waals surface area contributed by atoms with Gasteiger partial charge in [0.25, 0.3) is 5.95 Å². The number of nitrogens with zero attached hydrogens (tertiary/aromatic N) is 2. The molecule has 1 aromatic rings. The van der Waals surface area contributed by atoms with Crippen LogP contribution in [0.3, 0.4) is 0 Å². The van der Waals surface area contributed by atoms with Crippen molar-refractivity contribution in [2.45, 2.75) is 113 Å². The van der Waals surface area contributed by atoms with E-state index in [0.29, 0.717) is 24.4 Å². The van der Waals surface area contributed by atoms with Gasteiger partial charge in [-0.1, -0.05) is 86.1 Å². The third kappa shape index (κ3) is 9.17. The third-order valence-electron chi connectivity index (χ3n) is 7.52. The van der Waals surface area contributed by atoms with Crippen LogP contribution in [0.15, 0.2) is 29.9 Å². The van der Waals surface area contributed by atoms with Gasteiger partial charge in [-0.2, -0.15) is 15.4 Å². The minimum Gasteiger partial charge on any atom is -0.459 e. The molecule has 0 aromatic carbocycles. The quantitative estimate of drug-likeness (QED) is 0.290. The second-order valence-electron chi connectivity index (χ2n) is 11.3. The van der Waals surface area contributed by atoms with Gasteiger partial charge in [0, 0.05) is 11.5 Å². The average molecular weight is 460 g/mol. The van der Waals surface area contributed by atoms with Gasteiger partial charge in [0.1, 0.15) is 17.9 Å². The Morgan fingerprint density at radius 1 is 1.00 bits per heavy atom. The van der Waals surface area contributed by atoms with Crippen molar-refractivity contribution >= 4 is 0 Å². The Kier molecular flexibility index (Phi) is 11.0. The normalized spacial score (nSPS) is 22.2. The molecule has 0 aliphatic carbocycles. The lowest BCUT2D eigenvalue weighted by atomic mass is 9.76. The number of aromatic amines is 1. The summed E-state index contributed by atoms with van der Waals surface area (Å²) in [5, 5.41) is 10.5. The minimum atomic E-state index is -0.372. The Morgan fingerprint density at radius 3 is 2.30 bits per heavy atom. The lowest BCUT2D eigenvalue weighted by molar-refractivity contribution is -0.0848. The lowest BCUT2D eigenvalue weighted by Gasteiger charge is -2.40. The van der Waals surface area contributed by atoms with Crippen LogP contribution in [-0.4, -0.2) is 21.0 Å². The van der Waals surface area contributed by atoms with Crippen molar-refractivity contribution < 1.29 is 9.47 Å². The second kappa shape index (κ2) is 13.2. The number of H-pyrrole nitrogens is 1. The summed E-state index contributed by atoms with van der Waals surface area (Å²) in [5.41, 5.74) is 1.40. The van der Waals surface area contributed by atoms with E-state index in [-0.39, 0.29) is 5.60 Å². The highest BCUT2D eigenvalue weighted by Gasteiger charge is 2.38. The Bertz CT molecular complexity index is 740. The molecule has 1 N–H and O–H groups in total. The van der Waals surface area contributed by atoms with E-state index in [1.165, 1.54) is 44.9 Å². The van der Waals surface area contributed by atoms with Gasteiger partial charge in [0.2, 0.25) is 0 Å². The maximum Gasteiger partial charge on any atom is 0.283 e. The van der Waals surface area contributed by atoms with Crippen molar-refractivity contribution in [1.29, 1.82) is 0 Å². The maximum atomic E-state index is 6.43. The van der Waals surface area contributed by atoms with E-state index >= 15 is 0 Å². The molecule has 5 heteroatoms. The molecule has 2 heterocycles. The van der Waals surface area contributed by atoms with Crippen molar-refractivity contribution in [2.24, 2.45) is 29.6 Å². The molecule has 0 saturated heterocycles. The highest BCUT2D eigenvalue weighted by atomic mass is 16.7. The summed E-state index contributed by atoms with van der Waals surface area (Å²) in [6, 6.07) is 0. The summed E-state index contributed by atoms with van der Waals surface area (Å²) in [7, 11) is 0. The highest BCUT2D eigenvalue weighted by molar-refractivity contribution is 5.26. The maximum absolute atomic E-state index is 6.43. The molecular formula is C28H49N3O2. The van der Waals surface area contributed by atoms with E-state index < -0.39 is 0 Å². The zero-order valence-electron chi connectivity index (χ0n) is 22.5. The average Bonchev–Trinajstić information content (AvgIpc) is 3.27. The first-order chi connectivity index (χ1) is 15.6. The van der Waals surface area contributed by atoms with Gasteiger partial charge in [-0.15, -0.1) is 0 Å². The van der Waals surface area contributed by atoms with E-state index in [2.05, 4.69) is 76.0 Å². The third-order valence-corrected chi connectivity index (χ3v) is 7.52. The molecule has 0 bridgehead atoms. The second-order valence-corrected chi connectivity index (χ2v) is 11.3. The van der Waals surface area contributed by atoms with Gasteiger partial charge in [-0.05, 0) is 50.0 Å². The Morgan fingerprint density at radius 2 is 1.67 bits per heavy atom. The molecule has 0 unspecified atom stereocenters. The summed E-state index contributed by atoms with van der Waals surface area (Å²) in [4.78, 5) is 0. The monoisotopic (exact) mass is 459 g/mol. The number of allylic oxidation sites excluding steroid dienone is 2. The van der Waals surface area contributed by atoms with Crippen LogP contribution in [0.2, 0.25) is 0 Å². The van der Waals surface area contributed by atoms with Crippen molar-refractivity contribution in [3.63, 3.8) is 0 Å². The fraction of sp³-hybridized carbons (Fsp3) is 0.786. The molecule has 188 valence electrons. The fourth-order valence-corrected chi connectivity index (χ4v) is 4.85. The first-order valence-electron chi connectivity index (χ1n) is 13.2. The standard InChI is InChI=1S/C28H49N3O2/c1-20(2)11-9-12-21(3)13-10-14-22(4)17-24(6)25(7)28(8)16-15-23(5)27(33-28)32-19-26-18-29-31-30-26/h15-16,18,20-22,24-25H,9-14,17,19H2,1-8H3,(H,29,30,31)/t21-,22-,24+,25+,28+/m0/s1. The number of ether oxygens (including phenoxy) is 2. The minimum absolute atomic E-state index is 0.351. The molecule has 0 radical (unpaired) electrons. The first kappa shape index (κ1) is 27.5. The topological polar surface area (TPSA) is 60.0 Å². The van der Waals surface area contributed by atoms with Gasteiger partial charge in [0.15, 0.2) is 0 Å². The predicted molar refractivity (Wildman–Crippen MR) is 136 cm³/mol. The van der Waals surface area contributed by atoms with Crippen molar-refractivity contribution in [1.82, 2.24) is 15.4 Å². The molecule has 0 spiro atoms. The molecule has 1 aliphatic heterocycles. The van der Waals surface area contributed by atoms with Gasteiger partial charge in [0.05, 0.1) is 6.20 Å². The summed E-state index contributed by atoms with van der Waals surface area (Å²) in [6.45, 7) is 18.7. The largest absolute Gasteiger partial charge is 0.459 e. The number of nitrogens with one attached hydrogen (secondary N) is 1. The van der Waals surface area contributed by atoms with E-state index in [9.17, 15) is 0 Å². The molecule has 1 aliphatic rings. The van der Waals surface area contributed by atoms with E-state index in [4.69, 9.17) is 9.47 Å². The summed E-state index contributed by atoms with van der Waals surface area (Å²) in [6.07, 6.45) is 15.4. The van der Waals surface area contributed by atoms with Gasteiger partial charge >= 0.3 is 0 Å². The zero-order chi connectivity index (χ0) is 24.4. The van der Waals surface area contributed by atoms with Crippen LogP contribution in [-0.2, 0) is 16.1 Å². The Labute approximate surface area is 202 Å². The number of aromatic nitrogens is 3. The smallest absolute Gasteiger partial charge is 0.283 e. The molecule has 5 nitrogen and oxygen atoms in total. The van der Waals surface area contributed by atoms with Crippen LogP contribution >= 0.6 is 0 Å². The van der Waals surface area contributed by atoms with Crippen LogP contribution in [0.4, 0.5) is 0 Å². The molecule has 0 fully saturated rings. The SMILES string of the molecule is CC1=C(OCc2cn[nH]n2)O[C@@](C)([C@H](C)[C@H](C)C[C@@H](C)CCC[C@@H](C)CCCC(C)C)C=C1.